The molecule has 1 aliphatic rings. The molecule has 0 bridgehead atoms. The maximum absolute atomic E-state index is 12.7. The average molecular weight is 457 g/mol. The number of urea groups is 1. The number of para-hydroxylation sites is 1. The lowest BCUT2D eigenvalue weighted by atomic mass is 10.1. The Morgan fingerprint density at radius 1 is 0.794 bits per heavy atom. The van der Waals surface area contributed by atoms with Gasteiger partial charge in [-0.25, -0.2) is 4.79 Å². The molecule has 0 atom stereocenters. The second-order valence-electron chi connectivity index (χ2n) is 8.61. The first-order valence-corrected chi connectivity index (χ1v) is 11.9. The van der Waals surface area contributed by atoms with E-state index in [9.17, 15) is 9.59 Å². The fourth-order valence-electron chi connectivity index (χ4n) is 4.29. The van der Waals surface area contributed by atoms with E-state index < -0.39 is 0 Å². The van der Waals surface area contributed by atoms with Crippen LogP contribution in [-0.2, 0) is 17.6 Å². The standard InChI is InChI=1S/C28H32N4O2/c1-3-22-9-6-7-11-26(22)30-28(34)29-24-12-14-25(15-13-24)31-16-18-32(19-17-31)27(33)20-23-10-5-4-8-21(23)2/h4-15H,3,16-20H2,1-2H3,(H2,29,30,34). The molecule has 1 fully saturated rings. The molecule has 0 aliphatic carbocycles. The lowest BCUT2D eigenvalue weighted by Crippen LogP contribution is -2.49. The van der Waals surface area contributed by atoms with Crippen LogP contribution in [0.4, 0.5) is 21.9 Å². The first-order valence-electron chi connectivity index (χ1n) is 11.9. The number of aryl methyl sites for hydroxylation is 2. The minimum Gasteiger partial charge on any atom is -0.368 e. The third-order valence-corrected chi connectivity index (χ3v) is 6.37. The van der Waals surface area contributed by atoms with Crippen LogP contribution in [0.3, 0.4) is 0 Å². The highest BCUT2D eigenvalue weighted by molar-refractivity contribution is 6.00. The van der Waals surface area contributed by atoms with Gasteiger partial charge in [0.25, 0.3) is 0 Å². The lowest BCUT2D eigenvalue weighted by molar-refractivity contribution is -0.130. The summed E-state index contributed by atoms with van der Waals surface area (Å²) >= 11 is 0. The number of carbonyl (C=O) groups excluding carboxylic acids is 2. The third-order valence-electron chi connectivity index (χ3n) is 6.37. The fourth-order valence-corrected chi connectivity index (χ4v) is 4.29. The van der Waals surface area contributed by atoms with Gasteiger partial charge < -0.3 is 20.4 Å². The van der Waals surface area contributed by atoms with Crippen LogP contribution in [-0.4, -0.2) is 43.0 Å². The number of carbonyl (C=O) groups is 2. The number of nitrogens with zero attached hydrogens (tertiary/aromatic N) is 2. The van der Waals surface area contributed by atoms with Gasteiger partial charge in [-0.2, -0.15) is 0 Å². The van der Waals surface area contributed by atoms with Gasteiger partial charge in [-0.05, 0) is 60.4 Å². The maximum Gasteiger partial charge on any atom is 0.323 e. The molecule has 0 unspecified atom stereocenters. The van der Waals surface area contributed by atoms with Crippen LogP contribution < -0.4 is 15.5 Å². The first-order chi connectivity index (χ1) is 16.5. The number of benzene rings is 3. The molecule has 0 radical (unpaired) electrons. The lowest BCUT2D eigenvalue weighted by Gasteiger charge is -2.36. The molecule has 1 aliphatic heterocycles. The Balaban J connectivity index is 1.28. The topological polar surface area (TPSA) is 64.7 Å². The Labute approximate surface area is 201 Å². The van der Waals surface area contributed by atoms with Crippen molar-refractivity contribution in [2.75, 3.05) is 41.7 Å². The van der Waals surface area contributed by atoms with Crippen molar-refractivity contribution in [2.45, 2.75) is 26.7 Å². The summed E-state index contributed by atoms with van der Waals surface area (Å²) in [7, 11) is 0. The second-order valence-corrected chi connectivity index (χ2v) is 8.61. The fraction of sp³-hybridized carbons (Fsp3) is 0.286. The number of rotatable bonds is 6. The summed E-state index contributed by atoms with van der Waals surface area (Å²) in [5.41, 5.74) is 6.01. The van der Waals surface area contributed by atoms with Crippen LogP contribution >= 0.6 is 0 Å². The zero-order valence-corrected chi connectivity index (χ0v) is 19.9. The number of hydrogen-bond donors (Lipinski definition) is 2. The molecule has 2 N–H and O–H groups in total. The van der Waals surface area contributed by atoms with Crippen molar-refractivity contribution >= 4 is 29.0 Å². The highest BCUT2D eigenvalue weighted by Gasteiger charge is 2.21. The quantitative estimate of drug-likeness (QED) is 0.543. The molecule has 3 aromatic carbocycles. The van der Waals surface area contributed by atoms with E-state index >= 15 is 0 Å². The number of piperazine rings is 1. The van der Waals surface area contributed by atoms with Gasteiger partial charge in [0.2, 0.25) is 5.91 Å². The highest BCUT2D eigenvalue weighted by Crippen LogP contribution is 2.21. The molecule has 6 nitrogen and oxygen atoms in total. The molecule has 34 heavy (non-hydrogen) atoms. The van der Waals surface area contributed by atoms with E-state index in [2.05, 4.69) is 22.5 Å². The van der Waals surface area contributed by atoms with Crippen molar-refractivity contribution < 1.29 is 9.59 Å². The molecule has 1 heterocycles. The summed E-state index contributed by atoms with van der Waals surface area (Å²) < 4.78 is 0. The van der Waals surface area contributed by atoms with E-state index in [1.165, 1.54) is 0 Å². The molecule has 6 heteroatoms. The summed E-state index contributed by atoms with van der Waals surface area (Å²) in [4.78, 5) is 29.4. The molecule has 1 saturated heterocycles. The summed E-state index contributed by atoms with van der Waals surface area (Å²) in [5.74, 6) is 0.184. The van der Waals surface area contributed by atoms with E-state index in [0.717, 1.165) is 53.3 Å². The van der Waals surface area contributed by atoms with E-state index in [-0.39, 0.29) is 11.9 Å². The van der Waals surface area contributed by atoms with E-state index in [1.54, 1.807) is 0 Å². The molecule has 3 aromatic rings. The van der Waals surface area contributed by atoms with Gasteiger partial charge in [0, 0.05) is 43.2 Å². The van der Waals surface area contributed by atoms with Crippen molar-refractivity contribution in [3.05, 3.63) is 89.5 Å². The van der Waals surface area contributed by atoms with Gasteiger partial charge in [0.15, 0.2) is 0 Å². The molecule has 176 valence electrons. The first kappa shape index (κ1) is 23.4. The van der Waals surface area contributed by atoms with Gasteiger partial charge >= 0.3 is 6.03 Å². The van der Waals surface area contributed by atoms with Gasteiger partial charge in [-0.15, -0.1) is 0 Å². The van der Waals surface area contributed by atoms with Crippen molar-refractivity contribution in [1.29, 1.82) is 0 Å². The Bertz CT molecular complexity index is 1140. The molecule has 3 amide bonds. The molecule has 0 spiro atoms. The minimum absolute atomic E-state index is 0.184. The van der Waals surface area contributed by atoms with Crippen molar-refractivity contribution in [1.82, 2.24) is 4.90 Å². The smallest absolute Gasteiger partial charge is 0.323 e. The Kier molecular flexibility index (Phi) is 7.48. The van der Waals surface area contributed by atoms with Crippen molar-refractivity contribution in [3.8, 4) is 0 Å². The normalized spacial score (nSPS) is 13.5. The zero-order chi connectivity index (χ0) is 23.9. The molecule has 0 aromatic heterocycles. The van der Waals surface area contributed by atoms with E-state index in [1.807, 2.05) is 84.6 Å². The SMILES string of the molecule is CCc1ccccc1NC(=O)Nc1ccc(N2CCN(C(=O)Cc3ccccc3C)CC2)cc1. The molecule has 4 rings (SSSR count). The van der Waals surface area contributed by atoms with Gasteiger partial charge in [-0.3, -0.25) is 4.79 Å². The maximum atomic E-state index is 12.7. The average Bonchev–Trinajstić information content (AvgIpc) is 2.86. The van der Waals surface area contributed by atoms with E-state index in [4.69, 9.17) is 0 Å². The van der Waals surface area contributed by atoms with Crippen LogP contribution in [0.25, 0.3) is 0 Å². The zero-order valence-electron chi connectivity index (χ0n) is 19.9. The van der Waals surface area contributed by atoms with Crippen LogP contribution in [0.1, 0.15) is 23.6 Å². The largest absolute Gasteiger partial charge is 0.368 e. The number of anilines is 3. The monoisotopic (exact) mass is 456 g/mol. The van der Waals surface area contributed by atoms with Gasteiger partial charge in [-0.1, -0.05) is 49.4 Å². The van der Waals surface area contributed by atoms with Crippen LogP contribution in [0, 0.1) is 6.92 Å². The Morgan fingerprint density at radius 2 is 1.44 bits per heavy atom. The van der Waals surface area contributed by atoms with Gasteiger partial charge in [0.1, 0.15) is 0 Å². The Morgan fingerprint density at radius 3 is 2.12 bits per heavy atom. The summed E-state index contributed by atoms with van der Waals surface area (Å²) in [6.07, 6.45) is 1.31. The molecule has 0 saturated carbocycles. The Hall–Kier alpha value is -3.80. The number of hydrogen-bond acceptors (Lipinski definition) is 3. The number of nitrogens with one attached hydrogen (secondary N) is 2. The number of amides is 3. The third kappa shape index (κ3) is 5.76. The van der Waals surface area contributed by atoms with Crippen LogP contribution in [0.2, 0.25) is 0 Å². The predicted octanol–water partition coefficient (Wildman–Crippen LogP) is 5.09. The summed E-state index contributed by atoms with van der Waals surface area (Å²) in [6.45, 7) is 7.12. The summed E-state index contributed by atoms with van der Waals surface area (Å²) in [5, 5.41) is 5.83. The van der Waals surface area contributed by atoms with Crippen molar-refractivity contribution in [3.63, 3.8) is 0 Å². The highest BCUT2D eigenvalue weighted by atomic mass is 16.2. The summed E-state index contributed by atoms with van der Waals surface area (Å²) in [6, 6.07) is 23.5. The second kappa shape index (κ2) is 10.9. The molecular formula is C28H32N4O2. The van der Waals surface area contributed by atoms with Gasteiger partial charge in [0.05, 0.1) is 6.42 Å². The minimum atomic E-state index is -0.255. The van der Waals surface area contributed by atoms with Crippen LogP contribution in [0.15, 0.2) is 72.8 Å². The van der Waals surface area contributed by atoms with E-state index in [0.29, 0.717) is 19.5 Å². The van der Waals surface area contributed by atoms with Crippen molar-refractivity contribution in [2.24, 2.45) is 0 Å². The van der Waals surface area contributed by atoms with Crippen LogP contribution in [0.5, 0.6) is 0 Å². The molecular weight excluding hydrogens is 424 g/mol. The predicted molar refractivity (Wildman–Crippen MR) is 139 cm³/mol.